The Balaban J connectivity index is 0.00000324. The third-order valence-electron chi connectivity index (χ3n) is 2.94. The number of rotatable bonds is 6. The Morgan fingerprint density at radius 3 is 2.53 bits per heavy atom. The smallest absolute Gasteiger partial charge is 0.208 e. The molecular weight excluding hydrogens is 379 g/mol. The number of hydrogen-bond acceptors (Lipinski definition) is 3. The van der Waals surface area contributed by atoms with Crippen LogP contribution < -0.4 is 15.8 Å². The lowest BCUT2D eigenvalue weighted by atomic mass is 9.96. The number of hydrogen-bond donors (Lipinski definition) is 3. The number of halogens is 1. The second-order valence-electron chi connectivity index (χ2n) is 4.77. The van der Waals surface area contributed by atoms with E-state index in [4.69, 9.17) is 5.73 Å². The van der Waals surface area contributed by atoms with Crippen LogP contribution >= 0.6 is 24.0 Å². The van der Waals surface area contributed by atoms with E-state index < -0.39 is 10.0 Å². The molecule has 1 aliphatic carbocycles. The highest BCUT2D eigenvalue weighted by molar-refractivity contribution is 14.0. The quantitative estimate of drug-likeness (QED) is 0.264. The summed E-state index contributed by atoms with van der Waals surface area (Å²) in [6.45, 7) is 0.938. The van der Waals surface area contributed by atoms with Gasteiger partial charge in [0.1, 0.15) is 0 Å². The maximum atomic E-state index is 10.8. The molecule has 0 atom stereocenters. The maximum Gasteiger partial charge on any atom is 0.208 e. The molecule has 114 valence electrons. The van der Waals surface area contributed by atoms with E-state index in [1.165, 1.54) is 19.3 Å². The first-order valence-corrected chi connectivity index (χ1v) is 8.37. The molecule has 0 aromatic rings. The van der Waals surface area contributed by atoms with Crippen molar-refractivity contribution in [2.24, 2.45) is 10.7 Å². The van der Waals surface area contributed by atoms with Crippen LogP contribution in [-0.4, -0.2) is 39.8 Å². The van der Waals surface area contributed by atoms with Gasteiger partial charge in [0.15, 0.2) is 5.96 Å². The molecule has 0 spiro atoms. The van der Waals surface area contributed by atoms with E-state index >= 15 is 0 Å². The van der Waals surface area contributed by atoms with Gasteiger partial charge in [-0.25, -0.2) is 13.1 Å². The Labute approximate surface area is 133 Å². The first-order valence-electron chi connectivity index (χ1n) is 6.48. The molecule has 19 heavy (non-hydrogen) atoms. The Morgan fingerprint density at radius 1 is 1.32 bits per heavy atom. The van der Waals surface area contributed by atoms with E-state index in [1.807, 2.05) is 0 Å². The SMILES string of the molecule is CS(=O)(=O)NCCCN=C(N)NC1CCCCC1.I. The average Bonchev–Trinajstić information content (AvgIpc) is 2.28. The number of nitrogens with zero attached hydrogens (tertiary/aromatic N) is 1. The molecule has 6 nitrogen and oxygen atoms in total. The summed E-state index contributed by atoms with van der Waals surface area (Å²) in [6, 6.07) is 0.455. The molecule has 0 amide bonds. The van der Waals surface area contributed by atoms with Crippen molar-refractivity contribution < 1.29 is 8.42 Å². The summed E-state index contributed by atoms with van der Waals surface area (Å²) in [4.78, 5) is 4.19. The van der Waals surface area contributed by atoms with Gasteiger partial charge in [-0.15, -0.1) is 24.0 Å². The molecule has 0 unspecified atom stereocenters. The molecule has 0 radical (unpaired) electrons. The van der Waals surface area contributed by atoms with Crippen molar-refractivity contribution in [3.8, 4) is 0 Å². The van der Waals surface area contributed by atoms with Crippen LogP contribution in [0.15, 0.2) is 4.99 Å². The molecule has 1 rings (SSSR count). The van der Waals surface area contributed by atoms with Crippen LogP contribution in [0, 0.1) is 0 Å². The Kier molecular flexibility index (Phi) is 9.71. The first-order chi connectivity index (χ1) is 8.47. The summed E-state index contributed by atoms with van der Waals surface area (Å²) in [5, 5.41) is 3.22. The number of nitrogens with two attached hydrogens (primary N) is 1. The highest BCUT2D eigenvalue weighted by atomic mass is 127. The zero-order valence-electron chi connectivity index (χ0n) is 11.4. The highest BCUT2D eigenvalue weighted by Crippen LogP contribution is 2.16. The minimum absolute atomic E-state index is 0. The van der Waals surface area contributed by atoms with Gasteiger partial charge in [-0.2, -0.15) is 0 Å². The summed E-state index contributed by atoms with van der Waals surface area (Å²) >= 11 is 0. The number of nitrogens with one attached hydrogen (secondary N) is 2. The van der Waals surface area contributed by atoms with Gasteiger partial charge in [0.25, 0.3) is 0 Å². The van der Waals surface area contributed by atoms with Crippen LogP contribution in [0.4, 0.5) is 0 Å². The fraction of sp³-hybridized carbons (Fsp3) is 0.909. The van der Waals surface area contributed by atoms with Crippen molar-refractivity contribution in [2.45, 2.75) is 44.6 Å². The fourth-order valence-electron chi connectivity index (χ4n) is 2.04. The van der Waals surface area contributed by atoms with Gasteiger partial charge in [-0.3, -0.25) is 4.99 Å². The van der Waals surface area contributed by atoms with Crippen molar-refractivity contribution in [2.75, 3.05) is 19.3 Å². The third kappa shape index (κ3) is 10.4. The van der Waals surface area contributed by atoms with Crippen LogP contribution in [0.1, 0.15) is 38.5 Å². The van der Waals surface area contributed by atoms with E-state index in [1.54, 1.807) is 0 Å². The zero-order chi connectivity index (χ0) is 13.4. The Morgan fingerprint density at radius 2 is 1.95 bits per heavy atom. The maximum absolute atomic E-state index is 10.8. The van der Waals surface area contributed by atoms with Gasteiger partial charge in [-0.1, -0.05) is 19.3 Å². The molecule has 0 aromatic heterocycles. The first kappa shape index (κ1) is 18.9. The van der Waals surface area contributed by atoms with E-state index in [0.717, 1.165) is 19.1 Å². The van der Waals surface area contributed by atoms with Gasteiger partial charge < -0.3 is 11.1 Å². The van der Waals surface area contributed by atoms with E-state index in [0.29, 0.717) is 31.5 Å². The molecule has 0 aromatic carbocycles. The standard InChI is InChI=1S/C11H24N4O2S.HI/c1-18(16,17)14-9-5-8-13-11(12)15-10-6-3-2-4-7-10;/h10,14H,2-9H2,1H3,(H3,12,13,15);1H. The van der Waals surface area contributed by atoms with Crippen molar-refractivity contribution in [3.63, 3.8) is 0 Å². The van der Waals surface area contributed by atoms with Gasteiger partial charge in [0.05, 0.1) is 6.26 Å². The predicted octanol–water partition coefficient (Wildman–Crippen LogP) is 0.781. The minimum atomic E-state index is -3.09. The number of guanidine groups is 1. The monoisotopic (exact) mass is 404 g/mol. The van der Waals surface area contributed by atoms with Crippen molar-refractivity contribution in [3.05, 3.63) is 0 Å². The van der Waals surface area contributed by atoms with Gasteiger partial charge in [0, 0.05) is 19.1 Å². The van der Waals surface area contributed by atoms with Crippen molar-refractivity contribution in [1.82, 2.24) is 10.0 Å². The molecule has 0 bridgehead atoms. The average molecular weight is 404 g/mol. The molecule has 0 saturated heterocycles. The van der Waals surface area contributed by atoms with Gasteiger partial charge in [-0.05, 0) is 19.3 Å². The number of aliphatic imine (C=N–C) groups is 1. The van der Waals surface area contributed by atoms with Gasteiger partial charge in [0.2, 0.25) is 10.0 Å². The minimum Gasteiger partial charge on any atom is -0.370 e. The Bertz CT molecular complexity index is 367. The molecule has 1 saturated carbocycles. The van der Waals surface area contributed by atoms with Crippen LogP contribution in [0.3, 0.4) is 0 Å². The summed E-state index contributed by atoms with van der Waals surface area (Å²) < 4.78 is 24.0. The van der Waals surface area contributed by atoms with E-state index in [9.17, 15) is 8.42 Å². The van der Waals surface area contributed by atoms with E-state index in [2.05, 4.69) is 15.0 Å². The van der Waals surface area contributed by atoms with E-state index in [-0.39, 0.29) is 24.0 Å². The lowest BCUT2D eigenvalue weighted by Gasteiger charge is -2.23. The summed E-state index contributed by atoms with van der Waals surface area (Å²) in [5.74, 6) is 0.473. The van der Waals surface area contributed by atoms with Crippen LogP contribution in [0.25, 0.3) is 0 Å². The summed E-state index contributed by atoms with van der Waals surface area (Å²) in [7, 11) is -3.09. The molecule has 1 fully saturated rings. The second-order valence-corrected chi connectivity index (χ2v) is 6.60. The van der Waals surface area contributed by atoms with Crippen molar-refractivity contribution >= 4 is 40.0 Å². The van der Waals surface area contributed by atoms with Crippen molar-refractivity contribution in [1.29, 1.82) is 0 Å². The summed E-state index contributed by atoms with van der Waals surface area (Å²) in [6.07, 6.45) is 7.94. The molecule has 0 aliphatic heterocycles. The van der Waals surface area contributed by atoms with Gasteiger partial charge >= 0.3 is 0 Å². The highest BCUT2D eigenvalue weighted by Gasteiger charge is 2.12. The zero-order valence-corrected chi connectivity index (χ0v) is 14.5. The molecule has 0 heterocycles. The largest absolute Gasteiger partial charge is 0.370 e. The lowest BCUT2D eigenvalue weighted by Crippen LogP contribution is -2.41. The Hall–Kier alpha value is -0.0900. The van der Waals surface area contributed by atoms with Crippen LogP contribution in [-0.2, 0) is 10.0 Å². The molecular formula is C11H25IN4O2S. The topological polar surface area (TPSA) is 96.6 Å². The number of sulfonamides is 1. The molecule has 8 heteroatoms. The van der Waals surface area contributed by atoms with Crippen LogP contribution in [0.2, 0.25) is 0 Å². The normalized spacial score (nSPS) is 17.8. The fourth-order valence-corrected chi connectivity index (χ4v) is 2.55. The third-order valence-corrected chi connectivity index (χ3v) is 3.67. The summed E-state index contributed by atoms with van der Waals surface area (Å²) in [5.41, 5.74) is 5.77. The molecule has 1 aliphatic rings. The lowest BCUT2D eigenvalue weighted by molar-refractivity contribution is 0.412. The second kappa shape index (κ2) is 9.76. The van der Waals surface area contributed by atoms with Crippen LogP contribution in [0.5, 0.6) is 0 Å². The predicted molar refractivity (Wildman–Crippen MR) is 89.4 cm³/mol. The molecule has 4 N–H and O–H groups in total.